The highest BCUT2D eigenvalue weighted by Gasteiger charge is 2.25. The second-order valence-corrected chi connectivity index (χ2v) is 8.15. The number of carbonyl (C=O) groups is 1. The molecule has 1 amide bonds. The second-order valence-electron chi connectivity index (χ2n) is 7.24. The van der Waals surface area contributed by atoms with Gasteiger partial charge in [-0.3, -0.25) is 9.59 Å². The topological polar surface area (TPSA) is 51.1 Å². The van der Waals surface area contributed by atoms with Crippen LogP contribution >= 0.6 is 15.9 Å². The molecule has 1 N–H and O–H groups in total. The van der Waals surface area contributed by atoms with Crippen molar-refractivity contribution in [1.82, 2.24) is 9.88 Å². The highest BCUT2D eigenvalue weighted by molar-refractivity contribution is 9.10. The van der Waals surface area contributed by atoms with E-state index in [4.69, 9.17) is 0 Å². The van der Waals surface area contributed by atoms with Gasteiger partial charge in [-0.25, -0.2) is 0 Å². The van der Waals surface area contributed by atoms with Crippen LogP contribution in [0.25, 0.3) is 0 Å². The Morgan fingerprint density at radius 2 is 1.96 bits per heavy atom. The van der Waals surface area contributed by atoms with Crippen LogP contribution in [0.3, 0.4) is 0 Å². The summed E-state index contributed by atoms with van der Waals surface area (Å²) in [5.41, 5.74) is 0.0204. The first-order chi connectivity index (χ1) is 12.1. The Morgan fingerprint density at radius 1 is 1.20 bits per heavy atom. The summed E-state index contributed by atoms with van der Waals surface area (Å²) in [6.45, 7) is 3.64. The maximum absolute atomic E-state index is 12.3. The van der Waals surface area contributed by atoms with Gasteiger partial charge in [-0.1, -0.05) is 26.2 Å². The molecular formula is C20H31BrN2O2. The van der Waals surface area contributed by atoms with E-state index in [0.29, 0.717) is 13.1 Å². The van der Waals surface area contributed by atoms with E-state index in [1.807, 2.05) is 6.20 Å². The van der Waals surface area contributed by atoms with Crippen LogP contribution in [0.15, 0.2) is 27.6 Å². The van der Waals surface area contributed by atoms with Gasteiger partial charge < -0.3 is 9.88 Å². The van der Waals surface area contributed by atoms with Gasteiger partial charge in [0.15, 0.2) is 0 Å². The highest BCUT2D eigenvalue weighted by Crippen LogP contribution is 2.31. The van der Waals surface area contributed by atoms with Crippen molar-refractivity contribution >= 4 is 21.8 Å². The first kappa shape index (κ1) is 20.2. The molecule has 25 heavy (non-hydrogen) atoms. The van der Waals surface area contributed by atoms with Gasteiger partial charge in [0.25, 0.3) is 5.56 Å². The molecule has 4 nitrogen and oxygen atoms in total. The molecule has 1 aliphatic rings. The lowest BCUT2D eigenvalue weighted by Gasteiger charge is -2.27. The van der Waals surface area contributed by atoms with Crippen molar-refractivity contribution in [1.29, 1.82) is 0 Å². The fraction of sp³-hybridized carbons (Fsp3) is 0.700. The number of aryl methyl sites for hydroxylation is 1. The molecule has 1 saturated carbocycles. The molecule has 0 unspecified atom stereocenters. The van der Waals surface area contributed by atoms with Gasteiger partial charge in [-0.05, 0) is 66.4 Å². The number of aromatic nitrogens is 1. The van der Waals surface area contributed by atoms with Crippen LogP contribution in [-0.4, -0.2) is 17.0 Å². The molecule has 0 spiro atoms. The van der Waals surface area contributed by atoms with Crippen LogP contribution < -0.4 is 10.9 Å². The monoisotopic (exact) mass is 410 g/mol. The van der Waals surface area contributed by atoms with Crippen LogP contribution in [0.1, 0.15) is 64.7 Å². The smallest absolute Gasteiger partial charge is 0.250 e. The van der Waals surface area contributed by atoms with Crippen molar-refractivity contribution in [2.75, 3.05) is 6.54 Å². The first-order valence-electron chi connectivity index (χ1n) is 9.74. The maximum atomic E-state index is 12.3. The molecule has 0 bridgehead atoms. The third-order valence-electron chi connectivity index (χ3n) is 5.26. The average Bonchev–Trinajstić information content (AvgIpc) is 2.62. The number of amides is 1. The molecule has 0 aliphatic heterocycles. The molecule has 0 saturated heterocycles. The molecule has 2 rings (SSSR count). The highest BCUT2D eigenvalue weighted by atomic mass is 79.9. The van der Waals surface area contributed by atoms with Crippen LogP contribution in [-0.2, 0) is 11.3 Å². The molecule has 1 aliphatic carbocycles. The van der Waals surface area contributed by atoms with Gasteiger partial charge in [0.2, 0.25) is 5.91 Å². The molecule has 0 radical (unpaired) electrons. The number of nitrogens with one attached hydrogen (secondary N) is 1. The summed E-state index contributed by atoms with van der Waals surface area (Å²) in [7, 11) is 0. The Balaban J connectivity index is 1.60. The summed E-state index contributed by atoms with van der Waals surface area (Å²) < 4.78 is 2.62. The minimum atomic E-state index is 0.0204. The van der Waals surface area contributed by atoms with E-state index in [1.165, 1.54) is 32.1 Å². The lowest BCUT2D eigenvalue weighted by molar-refractivity contribution is -0.126. The fourth-order valence-electron chi connectivity index (χ4n) is 3.65. The molecule has 0 atom stereocenters. The molecule has 5 heteroatoms. The first-order valence-corrected chi connectivity index (χ1v) is 10.5. The van der Waals surface area contributed by atoms with E-state index in [1.54, 1.807) is 16.7 Å². The van der Waals surface area contributed by atoms with Gasteiger partial charge >= 0.3 is 0 Å². The second kappa shape index (κ2) is 10.8. The third-order valence-corrected chi connectivity index (χ3v) is 5.72. The minimum Gasteiger partial charge on any atom is -0.356 e. The molecule has 0 aromatic carbocycles. The SMILES string of the molecule is CCCCC1CCC(C(=O)NCCCCn2cc(Br)ccc2=O)CC1. The number of halogens is 1. The number of carbonyl (C=O) groups excluding carboxylic acids is 1. The normalized spacial score (nSPS) is 20.4. The van der Waals surface area contributed by atoms with E-state index in [2.05, 4.69) is 28.2 Å². The van der Waals surface area contributed by atoms with E-state index >= 15 is 0 Å². The number of hydrogen-bond acceptors (Lipinski definition) is 2. The van der Waals surface area contributed by atoms with Crippen molar-refractivity contribution in [3.63, 3.8) is 0 Å². The van der Waals surface area contributed by atoms with Crippen molar-refractivity contribution in [2.45, 2.75) is 71.3 Å². The van der Waals surface area contributed by atoms with Crippen LogP contribution in [0.5, 0.6) is 0 Å². The van der Waals surface area contributed by atoms with Crippen molar-refractivity contribution in [2.24, 2.45) is 11.8 Å². The Bertz CT molecular complexity index is 592. The van der Waals surface area contributed by atoms with Crippen LogP contribution in [0.2, 0.25) is 0 Å². The van der Waals surface area contributed by atoms with E-state index in [9.17, 15) is 9.59 Å². The molecule has 1 aromatic heterocycles. The zero-order chi connectivity index (χ0) is 18.1. The standard InChI is InChI=1S/C20H31BrN2O2/c1-2-3-6-16-7-9-17(10-8-16)20(25)22-13-4-5-14-23-15-18(21)11-12-19(23)24/h11-12,15-17H,2-10,13-14H2,1H3,(H,22,25). The van der Waals surface area contributed by atoms with E-state index in [-0.39, 0.29) is 17.4 Å². The summed E-state index contributed by atoms with van der Waals surface area (Å²) in [5, 5.41) is 3.09. The van der Waals surface area contributed by atoms with Gasteiger partial charge in [-0.15, -0.1) is 0 Å². The Labute approximate surface area is 159 Å². The Kier molecular flexibility index (Phi) is 8.73. The fourth-order valence-corrected chi connectivity index (χ4v) is 4.03. The predicted molar refractivity (Wildman–Crippen MR) is 106 cm³/mol. The van der Waals surface area contributed by atoms with Crippen LogP contribution in [0, 0.1) is 11.8 Å². The number of pyridine rings is 1. The van der Waals surface area contributed by atoms with E-state index in [0.717, 1.165) is 36.1 Å². The van der Waals surface area contributed by atoms with Crippen molar-refractivity contribution in [3.05, 3.63) is 33.2 Å². The summed E-state index contributed by atoms with van der Waals surface area (Å²) >= 11 is 3.38. The number of hydrogen-bond donors (Lipinski definition) is 1. The zero-order valence-corrected chi connectivity index (χ0v) is 16.9. The molecular weight excluding hydrogens is 380 g/mol. The number of unbranched alkanes of at least 4 members (excludes halogenated alkanes) is 2. The molecule has 140 valence electrons. The quantitative estimate of drug-likeness (QED) is 0.608. The van der Waals surface area contributed by atoms with Gasteiger partial charge in [0.05, 0.1) is 0 Å². The summed E-state index contributed by atoms with van der Waals surface area (Å²) in [5.74, 6) is 1.28. The minimum absolute atomic E-state index is 0.0204. The Hall–Kier alpha value is -1.10. The van der Waals surface area contributed by atoms with E-state index < -0.39 is 0 Å². The summed E-state index contributed by atoms with van der Waals surface area (Å²) in [4.78, 5) is 24.0. The van der Waals surface area contributed by atoms with Gasteiger partial charge in [0.1, 0.15) is 0 Å². The van der Waals surface area contributed by atoms with Gasteiger partial charge in [0, 0.05) is 35.7 Å². The lowest BCUT2D eigenvalue weighted by Crippen LogP contribution is -2.34. The van der Waals surface area contributed by atoms with Crippen LogP contribution in [0.4, 0.5) is 0 Å². The molecule has 1 aromatic rings. The van der Waals surface area contributed by atoms with Crippen molar-refractivity contribution < 1.29 is 4.79 Å². The third kappa shape index (κ3) is 6.96. The number of rotatable bonds is 9. The predicted octanol–water partition coefficient (Wildman–Crippen LogP) is 4.50. The largest absolute Gasteiger partial charge is 0.356 e. The van der Waals surface area contributed by atoms with Crippen molar-refractivity contribution in [3.8, 4) is 0 Å². The zero-order valence-electron chi connectivity index (χ0n) is 15.3. The molecule has 1 heterocycles. The summed E-state index contributed by atoms with van der Waals surface area (Å²) in [6.07, 6.45) is 12.1. The van der Waals surface area contributed by atoms with Gasteiger partial charge in [-0.2, -0.15) is 0 Å². The Morgan fingerprint density at radius 3 is 2.68 bits per heavy atom. The average molecular weight is 411 g/mol. The number of nitrogens with zero attached hydrogens (tertiary/aromatic N) is 1. The summed E-state index contributed by atoms with van der Waals surface area (Å²) in [6, 6.07) is 3.33. The maximum Gasteiger partial charge on any atom is 0.250 e. The lowest BCUT2D eigenvalue weighted by atomic mass is 9.79. The molecule has 1 fully saturated rings.